The molecule has 6 heteroatoms. The number of benzene rings is 1. The van der Waals surface area contributed by atoms with Gasteiger partial charge in [-0.2, -0.15) is 0 Å². The molecule has 0 aromatic heterocycles. The number of anilines is 1. The van der Waals surface area contributed by atoms with E-state index in [1.807, 2.05) is 0 Å². The Labute approximate surface area is 144 Å². The number of carbonyl (C=O) groups is 1. The number of hydrogen-bond acceptors (Lipinski definition) is 4. The van der Waals surface area contributed by atoms with Crippen molar-refractivity contribution < 1.29 is 4.79 Å². The fourth-order valence-corrected chi connectivity index (χ4v) is 3.10. The van der Waals surface area contributed by atoms with Crippen molar-refractivity contribution in [3.05, 3.63) is 30.3 Å². The summed E-state index contributed by atoms with van der Waals surface area (Å²) in [5.74, 6) is 0.381. The van der Waals surface area contributed by atoms with Gasteiger partial charge in [-0.1, -0.05) is 18.2 Å². The molecule has 0 bridgehead atoms. The van der Waals surface area contributed by atoms with Crippen LogP contribution in [0, 0.1) is 5.92 Å². The highest BCUT2D eigenvalue weighted by Gasteiger charge is 2.26. The van der Waals surface area contributed by atoms with Gasteiger partial charge < -0.3 is 15.5 Å². The first-order chi connectivity index (χ1) is 10.7. The molecular weight excluding hydrogens is 312 g/mol. The summed E-state index contributed by atoms with van der Waals surface area (Å²) in [6.45, 7) is 8.92. The average Bonchev–Trinajstić information content (AvgIpc) is 2.47. The summed E-state index contributed by atoms with van der Waals surface area (Å²) in [6.07, 6.45) is 0. The standard InChI is InChI=1S/C17H26N4O.ClH/c1-14(19-17(22)15-11-18-12-15)13-20-7-9-21(10-8-20)16-5-3-2-4-6-16;/h2-6,14-15,18H,7-13H2,1H3,(H,19,22);1H. The molecule has 2 fully saturated rings. The van der Waals surface area contributed by atoms with E-state index in [1.165, 1.54) is 5.69 Å². The lowest BCUT2D eigenvalue weighted by molar-refractivity contribution is -0.127. The first-order valence-electron chi connectivity index (χ1n) is 8.26. The van der Waals surface area contributed by atoms with E-state index >= 15 is 0 Å². The van der Waals surface area contributed by atoms with Crippen LogP contribution in [0.5, 0.6) is 0 Å². The number of nitrogens with one attached hydrogen (secondary N) is 2. The summed E-state index contributed by atoms with van der Waals surface area (Å²) in [7, 11) is 0. The second kappa shape index (κ2) is 8.52. The molecular formula is C17H27ClN4O. The van der Waals surface area contributed by atoms with Crippen LogP contribution < -0.4 is 15.5 Å². The fraction of sp³-hybridized carbons (Fsp3) is 0.588. The van der Waals surface area contributed by atoms with E-state index in [0.29, 0.717) is 0 Å². The highest BCUT2D eigenvalue weighted by Crippen LogP contribution is 2.15. The number of carbonyl (C=O) groups excluding carboxylic acids is 1. The molecule has 1 atom stereocenters. The van der Waals surface area contributed by atoms with Crippen molar-refractivity contribution in [1.29, 1.82) is 0 Å². The summed E-state index contributed by atoms with van der Waals surface area (Å²) in [5.41, 5.74) is 1.31. The Balaban J connectivity index is 0.00000192. The first kappa shape index (κ1) is 18.0. The molecule has 3 rings (SSSR count). The lowest BCUT2D eigenvalue weighted by Gasteiger charge is -2.37. The molecule has 1 amide bonds. The number of hydrogen-bond donors (Lipinski definition) is 2. The van der Waals surface area contributed by atoms with Gasteiger partial charge in [0.05, 0.1) is 5.92 Å². The maximum absolute atomic E-state index is 11.9. The number of para-hydroxylation sites is 1. The van der Waals surface area contributed by atoms with Crippen LogP contribution in [0.4, 0.5) is 5.69 Å². The molecule has 2 aliphatic heterocycles. The van der Waals surface area contributed by atoms with Gasteiger partial charge in [-0.3, -0.25) is 9.69 Å². The Bertz CT molecular complexity index is 487. The van der Waals surface area contributed by atoms with Gasteiger partial charge in [-0.25, -0.2) is 0 Å². The minimum absolute atomic E-state index is 0. The maximum Gasteiger partial charge on any atom is 0.225 e. The smallest absolute Gasteiger partial charge is 0.225 e. The molecule has 23 heavy (non-hydrogen) atoms. The van der Waals surface area contributed by atoms with Crippen molar-refractivity contribution in [2.75, 3.05) is 50.7 Å². The van der Waals surface area contributed by atoms with Crippen LogP contribution in [0.15, 0.2) is 30.3 Å². The third-order valence-corrected chi connectivity index (χ3v) is 4.57. The minimum Gasteiger partial charge on any atom is -0.369 e. The molecule has 2 saturated heterocycles. The third kappa shape index (κ3) is 4.83. The zero-order valence-corrected chi connectivity index (χ0v) is 14.5. The third-order valence-electron chi connectivity index (χ3n) is 4.57. The van der Waals surface area contributed by atoms with E-state index in [1.54, 1.807) is 0 Å². The average molecular weight is 339 g/mol. The van der Waals surface area contributed by atoms with Gasteiger partial charge in [0.25, 0.3) is 0 Å². The number of piperazine rings is 1. The predicted octanol–water partition coefficient (Wildman–Crippen LogP) is 0.955. The Morgan fingerprint density at radius 1 is 1.22 bits per heavy atom. The van der Waals surface area contributed by atoms with Crippen molar-refractivity contribution in [3.63, 3.8) is 0 Å². The van der Waals surface area contributed by atoms with Gasteiger partial charge in [0.2, 0.25) is 5.91 Å². The van der Waals surface area contributed by atoms with Crippen molar-refractivity contribution in [1.82, 2.24) is 15.5 Å². The van der Waals surface area contributed by atoms with Crippen LogP contribution in [-0.2, 0) is 4.79 Å². The molecule has 0 radical (unpaired) electrons. The Hall–Kier alpha value is -1.30. The number of rotatable bonds is 5. The summed E-state index contributed by atoms with van der Waals surface area (Å²) < 4.78 is 0. The van der Waals surface area contributed by atoms with Crippen LogP contribution in [0.3, 0.4) is 0 Å². The SMILES string of the molecule is CC(CN1CCN(c2ccccc2)CC1)NC(=O)C1CNC1.Cl. The molecule has 2 N–H and O–H groups in total. The van der Waals surface area contributed by atoms with Crippen LogP contribution in [-0.4, -0.2) is 62.7 Å². The second-order valence-corrected chi connectivity index (χ2v) is 6.39. The Morgan fingerprint density at radius 3 is 2.43 bits per heavy atom. The predicted molar refractivity (Wildman–Crippen MR) is 96.3 cm³/mol. The van der Waals surface area contributed by atoms with E-state index in [2.05, 4.69) is 57.7 Å². The fourth-order valence-electron chi connectivity index (χ4n) is 3.10. The maximum atomic E-state index is 11.9. The van der Waals surface area contributed by atoms with Gasteiger partial charge in [-0.15, -0.1) is 12.4 Å². The molecule has 2 aliphatic rings. The van der Waals surface area contributed by atoms with E-state index in [-0.39, 0.29) is 30.3 Å². The highest BCUT2D eigenvalue weighted by atomic mass is 35.5. The molecule has 1 aromatic rings. The molecule has 128 valence electrons. The van der Waals surface area contributed by atoms with Gasteiger partial charge in [0.1, 0.15) is 0 Å². The van der Waals surface area contributed by atoms with Crippen LogP contribution in [0.25, 0.3) is 0 Å². The zero-order chi connectivity index (χ0) is 15.4. The largest absolute Gasteiger partial charge is 0.369 e. The topological polar surface area (TPSA) is 47.6 Å². The van der Waals surface area contributed by atoms with E-state index in [4.69, 9.17) is 0 Å². The Morgan fingerprint density at radius 2 is 1.87 bits per heavy atom. The number of amides is 1. The lowest BCUT2D eigenvalue weighted by Crippen LogP contribution is -2.55. The monoisotopic (exact) mass is 338 g/mol. The van der Waals surface area contributed by atoms with Crippen molar-refractivity contribution in [2.45, 2.75) is 13.0 Å². The van der Waals surface area contributed by atoms with Gasteiger partial charge in [0, 0.05) is 57.5 Å². The molecule has 5 nitrogen and oxygen atoms in total. The molecule has 1 unspecified atom stereocenters. The normalized spacial score (nSPS) is 20.3. The number of nitrogens with zero attached hydrogens (tertiary/aromatic N) is 2. The van der Waals surface area contributed by atoms with E-state index in [0.717, 1.165) is 45.8 Å². The van der Waals surface area contributed by atoms with Crippen LogP contribution in [0.2, 0.25) is 0 Å². The summed E-state index contributed by atoms with van der Waals surface area (Å²) >= 11 is 0. The molecule has 1 aromatic carbocycles. The summed E-state index contributed by atoms with van der Waals surface area (Å²) in [5, 5.41) is 6.28. The second-order valence-electron chi connectivity index (χ2n) is 6.39. The van der Waals surface area contributed by atoms with Crippen molar-refractivity contribution in [2.24, 2.45) is 5.92 Å². The van der Waals surface area contributed by atoms with Gasteiger partial charge in [0.15, 0.2) is 0 Å². The van der Waals surface area contributed by atoms with Gasteiger partial charge >= 0.3 is 0 Å². The summed E-state index contributed by atoms with van der Waals surface area (Å²) in [6, 6.07) is 10.8. The molecule has 0 saturated carbocycles. The lowest BCUT2D eigenvalue weighted by atomic mass is 10.0. The quantitative estimate of drug-likeness (QED) is 0.839. The minimum atomic E-state index is 0. The molecule has 2 heterocycles. The van der Waals surface area contributed by atoms with Crippen LogP contribution in [0.1, 0.15) is 6.92 Å². The molecule has 0 spiro atoms. The Kier molecular flexibility index (Phi) is 6.69. The zero-order valence-electron chi connectivity index (χ0n) is 13.7. The van der Waals surface area contributed by atoms with Crippen molar-refractivity contribution in [3.8, 4) is 0 Å². The molecule has 0 aliphatic carbocycles. The first-order valence-corrected chi connectivity index (χ1v) is 8.26. The highest BCUT2D eigenvalue weighted by molar-refractivity contribution is 5.85. The van der Waals surface area contributed by atoms with Crippen molar-refractivity contribution >= 4 is 24.0 Å². The summed E-state index contributed by atoms with van der Waals surface area (Å²) in [4.78, 5) is 16.8. The number of halogens is 1. The van der Waals surface area contributed by atoms with E-state index in [9.17, 15) is 4.79 Å². The van der Waals surface area contributed by atoms with E-state index < -0.39 is 0 Å². The van der Waals surface area contributed by atoms with Gasteiger partial charge in [-0.05, 0) is 19.1 Å². The van der Waals surface area contributed by atoms with Crippen LogP contribution >= 0.6 is 12.4 Å².